The number of esters is 1. The highest BCUT2D eigenvalue weighted by atomic mass is 35.5. The number of ether oxygens (including phenoxy) is 1. The van der Waals surface area contributed by atoms with Gasteiger partial charge in [0, 0.05) is 17.3 Å². The van der Waals surface area contributed by atoms with E-state index in [1.165, 1.54) is 30.6 Å². The Bertz CT molecular complexity index is 944. The van der Waals surface area contributed by atoms with E-state index in [0.29, 0.717) is 11.4 Å². The Hall–Kier alpha value is -2.77. The maximum atomic E-state index is 12.3. The largest absolute Gasteiger partial charge is 0.465 e. The van der Waals surface area contributed by atoms with Gasteiger partial charge in [-0.15, -0.1) is 11.3 Å². The van der Waals surface area contributed by atoms with E-state index in [9.17, 15) is 9.59 Å². The lowest BCUT2D eigenvalue weighted by molar-refractivity contribution is -0.115. The smallest absolute Gasteiger partial charge is 0.339 e. The van der Waals surface area contributed by atoms with Crippen molar-refractivity contribution in [3.63, 3.8) is 0 Å². The second kappa shape index (κ2) is 8.07. The van der Waals surface area contributed by atoms with Gasteiger partial charge in [-0.2, -0.15) is 0 Å². The number of rotatable bonds is 5. The second-order valence-electron chi connectivity index (χ2n) is 5.27. The SMILES string of the molecule is COC(=O)c1cc(NC(=O)Cc2csc(-c3ccccn3)n2)ccc1Cl. The summed E-state index contributed by atoms with van der Waals surface area (Å²) in [4.78, 5) is 32.6. The van der Waals surface area contributed by atoms with Crippen molar-refractivity contribution in [2.24, 2.45) is 0 Å². The van der Waals surface area contributed by atoms with Crippen molar-refractivity contribution >= 4 is 40.5 Å². The predicted molar refractivity (Wildman–Crippen MR) is 100 cm³/mol. The highest BCUT2D eigenvalue weighted by molar-refractivity contribution is 7.13. The molecule has 0 aliphatic carbocycles. The first kappa shape index (κ1) is 18.0. The summed E-state index contributed by atoms with van der Waals surface area (Å²) in [6.07, 6.45) is 1.81. The first-order chi connectivity index (χ1) is 12.6. The fraction of sp³-hybridized carbons (Fsp3) is 0.111. The Morgan fingerprint density at radius 2 is 2.12 bits per heavy atom. The lowest BCUT2D eigenvalue weighted by Gasteiger charge is -2.07. The van der Waals surface area contributed by atoms with Crippen molar-refractivity contribution in [1.82, 2.24) is 9.97 Å². The molecule has 2 heterocycles. The number of amides is 1. The number of nitrogens with zero attached hydrogens (tertiary/aromatic N) is 2. The van der Waals surface area contributed by atoms with Crippen molar-refractivity contribution in [1.29, 1.82) is 0 Å². The average molecular weight is 388 g/mol. The Balaban J connectivity index is 1.68. The minimum Gasteiger partial charge on any atom is -0.465 e. The summed E-state index contributed by atoms with van der Waals surface area (Å²) in [6, 6.07) is 10.2. The molecule has 0 radical (unpaired) electrons. The second-order valence-corrected chi connectivity index (χ2v) is 6.54. The van der Waals surface area contributed by atoms with Crippen LogP contribution in [0.5, 0.6) is 0 Å². The molecule has 0 aliphatic heterocycles. The number of pyridine rings is 1. The van der Waals surface area contributed by atoms with Crippen LogP contribution in [0, 0.1) is 0 Å². The highest BCUT2D eigenvalue weighted by Crippen LogP contribution is 2.23. The van der Waals surface area contributed by atoms with Gasteiger partial charge in [0.15, 0.2) is 0 Å². The van der Waals surface area contributed by atoms with E-state index in [2.05, 4.69) is 20.0 Å². The molecule has 0 spiro atoms. The Morgan fingerprint density at radius 3 is 2.85 bits per heavy atom. The van der Waals surface area contributed by atoms with Gasteiger partial charge in [-0.1, -0.05) is 17.7 Å². The monoisotopic (exact) mass is 387 g/mol. The number of hydrogen-bond acceptors (Lipinski definition) is 6. The Labute approximate surface area is 158 Å². The summed E-state index contributed by atoms with van der Waals surface area (Å²) in [7, 11) is 1.27. The molecule has 2 aromatic heterocycles. The van der Waals surface area contributed by atoms with Crippen LogP contribution in [0.15, 0.2) is 48.0 Å². The Kier molecular flexibility index (Phi) is 5.60. The number of benzene rings is 1. The minimum atomic E-state index is -0.564. The van der Waals surface area contributed by atoms with Gasteiger partial charge in [0.25, 0.3) is 0 Å². The topological polar surface area (TPSA) is 81.2 Å². The van der Waals surface area contributed by atoms with Gasteiger partial charge in [0.1, 0.15) is 5.01 Å². The molecule has 1 N–H and O–H groups in total. The van der Waals surface area contributed by atoms with Crippen molar-refractivity contribution in [3.8, 4) is 10.7 Å². The number of carbonyl (C=O) groups is 2. The standard InChI is InChI=1S/C18H14ClN3O3S/c1-25-18(24)13-8-11(5-6-14(13)19)21-16(23)9-12-10-26-17(22-12)15-4-2-3-7-20-15/h2-8,10H,9H2,1H3,(H,21,23). The van der Waals surface area contributed by atoms with Crippen LogP contribution in [0.25, 0.3) is 10.7 Å². The highest BCUT2D eigenvalue weighted by Gasteiger charge is 2.14. The summed E-state index contributed by atoms with van der Waals surface area (Å²) < 4.78 is 4.67. The van der Waals surface area contributed by atoms with Gasteiger partial charge in [-0.25, -0.2) is 9.78 Å². The molecule has 3 aromatic rings. The number of aromatic nitrogens is 2. The zero-order chi connectivity index (χ0) is 18.5. The number of anilines is 1. The van der Waals surface area contributed by atoms with Crippen molar-refractivity contribution in [3.05, 3.63) is 64.3 Å². The zero-order valence-electron chi connectivity index (χ0n) is 13.7. The maximum Gasteiger partial charge on any atom is 0.339 e. The average Bonchev–Trinajstić information content (AvgIpc) is 3.11. The number of thiazole rings is 1. The molecule has 3 rings (SSSR count). The third-order valence-electron chi connectivity index (χ3n) is 3.43. The van der Waals surface area contributed by atoms with Crippen molar-refractivity contribution in [2.45, 2.75) is 6.42 Å². The van der Waals surface area contributed by atoms with Gasteiger partial charge in [0.05, 0.1) is 35.5 Å². The van der Waals surface area contributed by atoms with Gasteiger partial charge in [-0.05, 0) is 30.3 Å². The van der Waals surface area contributed by atoms with Crippen LogP contribution < -0.4 is 5.32 Å². The summed E-state index contributed by atoms with van der Waals surface area (Å²) >= 11 is 7.40. The van der Waals surface area contributed by atoms with Crippen molar-refractivity contribution < 1.29 is 14.3 Å². The van der Waals surface area contributed by atoms with E-state index >= 15 is 0 Å². The van der Waals surface area contributed by atoms with Crippen LogP contribution in [0.4, 0.5) is 5.69 Å². The van der Waals surface area contributed by atoms with Crippen LogP contribution in [0.1, 0.15) is 16.1 Å². The molecule has 0 unspecified atom stereocenters. The fourth-order valence-electron chi connectivity index (χ4n) is 2.23. The number of hydrogen-bond donors (Lipinski definition) is 1. The predicted octanol–water partition coefficient (Wildman–Crippen LogP) is 3.83. The fourth-order valence-corrected chi connectivity index (χ4v) is 3.22. The summed E-state index contributed by atoms with van der Waals surface area (Å²) in [5.74, 6) is -0.813. The van der Waals surface area contributed by atoms with Gasteiger partial charge >= 0.3 is 5.97 Å². The summed E-state index contributed by atoms with van der Waals surface area (Å²) in [5.41, 5.74) is 2.07. The molecule has 6 nitrogen and oxygen atoms in total. The van der Waals surface area contributed by atoms with Gasteiger partial charge < -0.3 is 10.1 Å². The molecule has 0 saturated carbocycles. The lowest BCUT2D eigenvalue weighted by Crippen LogP contribution is -2.15. The first-order valence-electron chi connectivity index (χ1n) is 7.60. The summed E-state index contributed by atoms with van der Waals surface area (Å²) in [6.45, 7) is 0. The third-order valence-corrected chi connectivity index (χ3v) is 4.68. The van der Waals surface area contributed by atoms with Crippen LogP contribution in [0.3, 0.4) is 0 Å². The Morgan fingerprint density at radius 1 is 1.27 bits per heavy atom. The molecule has 26 heavy (non-hydrogen) atoms. The number of nitrogens with one attached hydrogen (secondary N) is 1. The normalized spacial score (nSPS) is 10.4. The molecular weight excluding hydrogens is 374 g/mol. The van der Waals surface area contributed by atoms with Crippen LogP contribution in [-0.4, -0.2) is 29.0 Å². The van der Waals surface area contributed by atoms with E-state index in [1.54, 1.807) is 12.3 Å². The van der Waals surface area contributed by atoms with E-state index in [1.807, 2.05) is 23.6 Å². The molecule has 0 fully saturated rings. The molecular formula is C18H14ClN3O3S. The molecule has 1 aromatic carbocycles. The molecule has 8 heteroatoms. The minimum absolute atomic E-state index is 0.111. The lowest BCUT2D eigenvalue weighted by atomic mass is 10.2. The van der Waals surface area contributed by atoms with E-state index < -0.39 is 5.97 Å². The van der Waals surface area contributed by atoms with E-state index in [0.717, 1.165) is 10.7 Å². The molecule has 0 bridgehead atoms. The zero-order valence-corrected chi connectivity index (χ0v) is 15.3. The van der Waals surface area contributed by atoms with Gasteiger partial charge in [0.2, 0.25) is 5.91 Å². The van der Waals surface area contributed by atoms with E-state index in [-0.39, 0.29) is 22.9 Å². The summed E-state index contributed by atoms with van der Waals surface area (Å²) in [5, 5.41) is 5.57. The number of carbonyl (C=O) groups excluding carboxylic acids is 2. The molecule has 132 valence electrons. The molecule has 0 atom stereocenters. The van der Waals surface area contributed by atoms with Crippen LogP contribution in [0.2, 0.25) is 5.02 Å². The van der Waals surface area contributed by atoms with Crippen LogP contribution >= 0.6 is 22.9 Å². The number of methoxy groups -OCH3 is 1. The van der Waals surface area contributed by atoms with Gasteiger partial charge in [-0.3, -0.25) is 9.78 Å². The van der Waals surface area contributed by atoms with Crippen molar-refractivity contribution in [2.75, 3.05) is 12.4 Å². The molecule has 0 saturated heterocycles. The maximum absolute atomic E-state index is 12.3. The quantitative estimate of drug-likeness (QED) is 0.673. The molecule has 1 amide bonds. The first-order valence-corrected chi connectivity index (χ1v) is 8.86. The van der Waals surface area contributed by atoms with E-state index in [4.69, 9.17) is 11.6 Å². The van der Waals surface area contributed by atoms with Crippen LogP contribution in [-0.2, 0) is 16.0 Å². The number of halogens is 1. The molecule has 0 aliphatic rings. The third kappa shape index (κ3) is 4.25.